The van der Waals surface area contributed by atoms with Crippen LogP contribution in [0.15, 0.2) is 34.9 Å². The average molecular weight is 340 g/mol. The fourth-order valence-electron chi connectivity index (χ4n) is 3.38. The molecule has 2 aromatic rings. The molecule has 4 rings (SSSR count). The van der Waals surface area contributed by atoms with Gasteiger partial charge >= 0.3 is 6.03 Å². The van der Waals surface area contributed by atoms with Crippen molar-refractivity contribution < 1.29 is 9.32 Å². The molecule has 1 N–H and O–H groups in total. The maximum absolute atomic E-state index is 12.7. The number of nitrogens with zero attached hydrogens (tertiary/aromatic N) is 3. The molecule has 0 radical (unpaired) electrons. The number of likely N-dealkylation sites (tertiary alicyclic amines) is 1. The highest BCUT2D eigenvalue weighted by Gasteiger charge is 2.34. The first-order valence-electron chi connectivity index (χ1n) is 9.23. The summed E-state index contributed by atoms with van der Waals surface area (Å²) in [6, 6.07) is 10.1. The second-order valence-corrected chi connectivity index (χ2v) is 6.94. The molecular weight excluding hydrogens is 316 g/mol. The number of nitrogens with one attached hydrogen (secondary N) is 1. The third-order valence-electron chi connectivity index (χ3n) is 4.98. The van der Waals surface area contributed by atoms with Crippen molar-refractivity contribution >= 4 is 6.03 Å². The van der Waals surface area contributed by atoms with Crippen LogP contribution in [0.3, 0.4) is 0 Å². The zero-order valence-electron chi connectivity index (χ0n) is 14.4. The molecular formula is C19H24N4O2. The fraction of sp³-hybridized carbons (Fsp3) is 0.526. The van der Waals surface area contributed by atoms with Gasteiger partial charge in [-0.15, -0.1) is 0 Å². The van der Waals surface area contributed by atoms with Gasteiger partial charge in [-0.3, -0.25) is 0 Å². The summed E-state index contributed by atoms with van der Waals surface area (Å²) in [6.45, 7) is 1.37. The Morgan fingerprint density at radius 3 is 2.84 bits per heavy atom. The van der Waals surface area contributed by atoms with Crippen molar-refractivity contribution in [2.24, 2.45) is 0 Å². The summed E-state index contributed by atoms with van der Waals surface area (Å²) in [5.41, 5.74) is 1.23. The van der Waals surface area contributed by atoms with Gasteiger partial charge in [0.1, 0.15) is 6.04 Å². The van der Waals surface area contributed by atoms with Crippen LogP contribution < -0.4 is 5.32 Å². The van der Waals surface area contributed by atoms with Crippen LogP contribution in [0.5, 0.6) is 0 Å². The van der Waals surface area contributed by atoms with Crippen LogP contribution in [0.2, 0.25) is 0 Å². The summed E-state index contributed by atoms with van der Waals surface area (Å²) in [5, 5.41) is 7.14. The van der Waals surface area contributed by atoms with Gasteiger partial charge in [-0.25, -0.2) is 4.79 Å². The fourth-order valence-corrected chi connectivity index (χ4v) is 3.38. The van der Waals surface area contributed by atoms with Crippen molar-refractivity contribution in [3.63, 3.8) is 0 Å². The Bertz CT molecular complexity index is 711. The van der Waals surface area contributed by atoms with Crippen molar-refractivity contribution in [1.29, 1.82) is 0 Å². The first kappa shape index (κ1) is 16.1. The van der Waals surface area contributed by atoms with Gasteiger partial charge < -0.3 is 14.7 Å². The van der Waals surface area contributed by atoms with E-state index in [1.807, 2.05) is 23.1 Å². The van der Waals surface area contributed by atoms with E-state index in [0.717, 1.165) is 50.9 Å². The van der Waals surface area contributed by atoms with Gasteiger partial charge in [0.05, 0.1) is 0 Å². The predicted octanol–water partition coefficient (Wildman–Crippen LogP) is 3.43. The average Bonchev–Trinajstić information content (AvgIpc) is 3.39. The smallest absolute Gasteiger partial charge is 0.318 e. The van der Waals surface area contributed by atoms with Gasteiger partial charge in [0.2, 0.25) is 5.89 Å². The van der Waals surface area contributed by atoms with Crippen molar-refractivity contribution in [3.05, 3.63) is 47.6 Å². The zero-order valence-corrected chi connectivity index (χ0v) is 14.4. The Hall–Kier alpha value is -2.37. The number of amides is 2. The number of carbonyl (C=O) groups excluding carboxylic acids is 1. The molecule has 1 aromatic carbocycles. The van der Waals surface area contributed by atoms with E-state index in [-0.39, 0.29) is 12.1 Å². The number of urea groups is 1. The molecule has 0 bridgehead atoms. The van der Waals surface area contributed by atoms with Crippen molar-refractivity contribution in [2.75, 3.05) is 13.1 Å². The van der Waals surface area contributed by atoms with Gasteiger partial charge in [-0.1, -0.05) is 35.5 Å². The lowest BCUT2D eigenvalue weighted by Crippen LogP contribution is -2.45. The molecule has 1 aromatic heterocycles. The topological polar surface area (TPSA) is 71.3 Å². The molecule has 2 aliphatic rings. The van der Waals surface area contributed by atoms with Crippen LogP contribution in [0, 0.1) is 0 Å². The lowest BCUT2D eigenvalue weighted by Gasteiger charge is -2.33. The van der Waals surface area contributed by atoms with Crippen LogP contribution in [0.4, 0.5) is 4.79 Å². The lowest BCUT2D eigenvalue weighted by atomic mass is 10.0. The van der Waals surface area contributed by atoms with Crippen LogP contribution in [0.1, 0.15) is 61.3 Å². The number of hydrogen-bond acceptors (Lipinski definition) is 4. The summed E-state index contributed by atoms with van der Waals surface area (Å²) in [5.74, 6) is 1.87. The molecule has 2 fully saturated rings. The third-order valence-corrected chi connectivity index (χ3v) is 4.98. The van der Waals surface area contributed by atoms with Crippen molar-refractivity contribution in [3.8, 4) is 0 Å². The molecule has 1 aliphatic heterocycles. The van der Waals surface area contributed by atoms with Gasteiger partial charge in [-0.05, 0) is 44.1 Å². The minimum absolute atomic E-state index is 0.0354. The largest absolute Gasteiger partial charge is 0.338 e. The molecule has 0 unspecified atom stereocenters. The normalized spacial score (nSPS) is 20.5. The van der Waals surface area contributed by atoms with Gasteiger partial charge in [0, 0.05) is 19.0 Å². The van der Waals surface area contributed by atoms with Gasteiger partial charge in [0.15, 0.2) is 5.82 Å². The van der Waals surface area contributed by atoms with E-state index >= 15 is 0 Å². The first-order chi connectivity index (χ1) is 12.3. The summed E-state index contributed by atoms with van der Waals surface area (Å²) >= 11 is 0. The van der Waals surface area contributed by atoms with Crippen LogP contribution in [-0.2, 0) is 6.42 Å². The predicted molar refractivity (Wildman–Crippen MR) is 93.1 cm³/mol. The Balaban J connectivity index is 1.36. The number of hydrogen-bond donors (Lipinski definition) is 1. The van der Waals surface area contributed by atoms with Crippen LogP contribution >= 0.6 is 0 Å². The lowest BCUT2D eigenvalue weighted by molar-refractivity contribution is 0.132. The minimum atomic E-state index is -0.0922. The van der Waals surface area contributed by atoms with E-state index < -0.39 is 0 Å². The van der Waals surface area contributed by atoms with E-state index in [0.29, 0.717) is 18.4 Å². The third kappa shape index (κ3) is 3.83. The van der Waals surface area contributed by atoms with E-state index in [4.69, 9.17) is 4.52 Å². The zero-order chi connectivity index (χ0) is 17.1. The SMILES string of the molecule is O=C(NCCc1ccccc1)N1CCCC[C@H]1c1nc(C2CC2)no1. The quantitative estimate of drug-likeness (QED) is 0.905. The summed E-state index contributed by atoms with van der Waals surface area (Å²) in [7, 11) is 0. The monoisotopic (exact) mass is 340 g/mol. The Labute approximate surface area is 147 Å². The molecule has 1 aliphatic carbocycles. The maximum atomic E-state index is 12.7. The van der Waals surface area contributed by atoms with E-state index in [1.54, 1.807) is 0 Å². The molecule has 1 atom stereocenters. The number of piperidine rings is 1. The Kier molecular flexibility index (Phi) is 4.68. The van der Waals surface area contributed by atoms with E-state index in [1.165, 1.54) is 5.56 Å². The molecule has 6 heteroatoms. The molecule has 2 amide bonds. The summed E-state index contributed by atoms with van der Waals surface area (Å²) in [4.78, 5) is 19.1. The molecule has 25 heavy (non-hydrogen) atoms. The molecule has 6 nitrogen and oxygen atoms in total. The van der Waals surface area contributed by atoms with E-state index in [2.05, 4.69) is 27.6 Å². The second-order valence-electron chi connectivity index (χ2n) is 6.94. The number of carbonyl (C=O) groups is 1. The molecule has 1 saturated carbocycles. The van der Waals surface area contributed by atoms with Gasteiger partial charge in [-0.2, -0.15) is 4.98 Å². The highest BCUT2D eigenvalue weighted by atomic mass is 16.5. The standard InChI is InChI=1S/C19H24N4O2/c24-19(20-12-11-14-6-2-1-3-7-14)23-13-5-4-8-16(23)18-21-17(22-25-18)15-9-10-15/h1-3,6-7,15-16H,4-5,8-13H2,(H,20,24)/t16-/m0/s1. The molecule has 1 saturated heterocycles. The second kappa shape index (κ2) is 7.25. The van der Waals surface area contributed by atoms with Crippen LogP contribution in [0.25, 0.3) is 0 Å². The summed E-state index contributed by atoms with van der Waals surface area (Å²) in [6.07, 6.45) is 6.11. The summed E-state index contributed by atoms with van der Waals surface area (Å²) < 4.78 is 5.48. The van der Waals surface area contributed by atoms with E-state index in [9.17, 15) is 4.79 Å². The number of aromatic nitrogens is 2. The molecule has 2 heterocycles. The highest BCUT2D eigenvalue weighted by Crippen LogP contribution is 2.39. The Morgan fingerprint density at radius 2 is 2.04 bits per heavy atom. The minimum Gasteiger partial charge on any atom is -0.338 e. The highest BCUT2D eigenvalue weighted by molar-refractivity contribution is 5.74. The maximum Gasteiger partial charge on any atom is 0.318 e. The Morgan fingerprint density at radius 1 is 1.20 bits per heavy atom. The molecule has 132 valence electrons. The number of benzene rings is 1. The van der Waals surface area contributed by atoms with Crippen LogP contribution in [-0.4, -0.2) is 34.2 Å². The first-order valence-corrected chi connectivity index (χ1v) is 9.23. The molecule has 0 spiro atoms. The van der Waals surface area contributed by atoms with Crippen molar-refractivity contribution in [1.82, 2.24) is 20.4 Å². The van der Waals surface area contributed by atoms with Crippen molar-refractivity contribution in [2.45, 2.75) is 50.5 Å². The van der Waals surface area contributed by atoms with Gasteiger partial charge in [0.25, 0.3) is 0 Å². The number of rotatable bonds is 5.